The van der Waals surface area contributed by atoms with Crippen molar-refractivity contribution in [2.24, 2.45) is 5.41 Å². The number of nitrogens with zero attached hydrogens (tertiary/aromatic N) is 1. The number of imide groups is 1. The Balaban J connectivity index is 2.01. The van der Waals surface area contributed by atoms with E-state index in [1.54, 1.807) is 19.2 Å². The maximum Gasteiger partial charge on any atom is 0.240 e. The summed E-state index contributed by atoms with van der Waals surface area (Å²) < 4.78 is 6.14. The van der Waals surface area contributed by atoms with Gasteiger partial charge in [-0.05, 0) is 31.0 Å². The zero-order chi connectivity index (χ0) is 15.0. The van der Waals surface area contributed by atoms with Crippen molar-refractivity contribution >= 4 is 33.4 Å². The summed E-state index contributed by atoms with van der Waals surface area (Å²) >= 11 is 3.40. The van der Waals surface area contributed by atoms with E-state index >= 15 is 0 Å². The number of carbonyl (C=O) groups excluding carboxylic acids is 2. The average molecular weight is 352 g/mol. The highest BCUT2D eigenvalue weighted by atomic mass is 79.9. The van der Waals surface area contributed by atoms with Gasteiger partial charge in [0.1, 0.15) is 5.75 Å². The van der Waals surface area contributed by atoms with Gasteiger partial charge >= 0.3 is 0 Å². The Morgan fingerprint density at radius 3 is 2.57 bits per heavy atom. The van der Waals surface area contributed by atoms with Crippen LogP contribution in [0.1, 0.15) is 38.5 Å². The van der Waals surface area contributed by atoms with Gasteiger partial charge < -0.3 is 4.74 Å². The van der Waals surface area contributed by atoms with E-state index in [9.17, 15) is 9.59 Å². The van der Waals surface area contributed by atoms with Crippen molar-refractivity contribution in [2.75, 3.05) is 12.0 Å². The molecule has 0 atom stereocenters. The predicted molar refractivity (Wildman–Crippen MR) is 83.3 cm³/mol. The van der Waals surface area contributed by atoms with Gasteiger partial charge in [-0.1, -0.05) is 35.2 Å². The third-order valence-corrected chi connectivity index (χ3v) is 5.08. The number of amides is 2. The standard InChI is InChI=1S/C16H18BrNO3/c1-21-13-6-5-11(17)9-12(13)18-14(19)10-16(15(18)20)7-3-2-4-8-16/h5-6,9H,2-4,7-8,10H2,1H3. The lowest BCUT2D eigenvalue weighted by Crippen LogP contribution is -2.37. The Kier molecular flexibility index (Phi) is 3.78. The Hall–Kier alpha value is -1.36. The Morgan fingerprint density at radius 2 is 1.90 bits per heavy atom. The first-order chi connectivity index (χ1) is 10.1. The van der Waals surface area contributed by atoms with Gasteiger partial charge in [-0.2, -0.15) is 0 Å². The molecule has 0 aromatic heterocycles. The van der Waals surface area contributed by atoms with E-state index in [0.29, 0.717) is 17.9 Å². The van der Waals surface area contributed by atoms with E-state index in [1.807, 2.05) is 6.07 Å². The summed E-state index contributed by atoms with van der Waals surface area (Å²) in [6.45, 7) is 0. The SMILES string of the molecule is COc1ccc(Br)cc1N1C(=O)CC2(CCCCC2)C1=O. The number of halogens is 1. The zero-order valence-electron chi connectivity index (χ0n) is 12.0. The molecule has 0 N–H and O–H groups in total. The minimum Gasteiger partial charge on any atom is -0.495 e. The normalized spacial score (nSPS) is 21.1. The molecule has 1 saturated heterocycles. The van der Waals surface area contributed by atoms with Crippen LogP contribution in [0.5, 0.6) is 5.75 Å². The molecule has 21 heavy (non-hydrogen) atoms. The maximum absolute atomic E-state index is 12.9. The number of methoxy groups -OCH3 is 1. The molecule has 5 heteroatoms. The second kappa shape index (κ2) is 5.44. The van der Waals surface area contributed by atoms with E-state index in [4.69, 9.17) is 4.74 Å². The highest BCUT2D eigenvalue weighted by Crippen LogP contribution is 2.48. The number of hydrogen-bond acceptors (Lipinski definition) is 3. The lowest BCUT2D eigenvalue weighted by Gasteiger charge is -2.30. The summed E-state index contributed by atoms with van der Waals surface area (Å²) in [6.07, 6.45) is 5.20. The van der Waals surface area contributed by atoms with Crippen LogP contribution in [0.2, 0.25) is 0 Å². The summed E-state index contributed by atoms with van der Waals surface area (Å²) in [5, 5.41) is 0. The molecule has 1 aromatic rings. The van der Waals surface area contributed by atoms with Gasteiger partial charge in [-0.15, -0.1) is 0 Å². The smallest absolute Gasteiger partial charge is 0.240 e. The molecular weight excluding hydrogens is 334 g/mol. The fraction of sp³-hybridized carbons (Fsp3) is 0.500. The molecule has 112 valence electrons. The van der Waals surface area contributed by atoms with Gasteiger partial charge in [0.15, 0.2) is 0 Å². The van der Waals surface area contributed by atoms with Crippen molar-refractivity contribution in [2.45, 2.75) is 38.5 Å². The summed E-state index contributed by atoms with van der Waals surface area (Å²) in [6, 6.07) is 5.38. The first-order valence-electron chi connectivity index (χ1n) is 7.28. The lowest BCUT2D eigenvalue weighted by atomic mass is 9.73. The number of rotatable bonds is 2. The molecule has 1 saturated carbocycles. The van der Waals surface area contributed by atoms with Crippen molar-refractivity contribution in [3.63, 3.8) is 0 Å². The second-order valence-corrected chi connectivity index (χ2v) is 6.78. The number of carbonyl (C=O) groups is 2. The lowest BCUT2D eigenvalue weighted by molar-refractivity contribution is -0.127. The van der Waals surface area contributed by atoms with Crippen LogP contribution in [-0.4, -0.2) is 18.9 Å². The quantitative estimate of drug-likeness (QED) is 0.763. The molecule has 0 radical (unpaired) electrons. The van der Waals surface area contributed by atoms with Crippen molar-refractivity contribution in [1.29, 1.82) is 0 Å². The molecule has 0 unspecified atom stereocenters. The van der Waals surface area contributed by atoms with E-state index in [2.05, 4.69) is 15.9 Å². The van der Waals surface area contributed by atoms with E-state index in [1.165, 1.54) is 4.90 Å². The highest BCUT2D eigenvalue weighted by molar-refractivity contribution is 9.10. The molecule has 0 bridgehead atoms. The topological polar surface area (TPSA) is 46.6 Å². The zero-order valence-corrected chi connectivity index (χ0v) is 13.6. The van der Waals surface area contributed by atoms with Crippen LogP contribution in [0.25, 0.3) is 0 Å². The highest BCUT2D eigenvalue weighted by Gasteiger charge is 2.52. The number of hydrogen-bond donors (Lipinski definition) is 0. The van der Waals surface area contributed by atoms with E-state index in [-0.39, 0.29) is 11.8 Å². The molecule has 2 fully saturated rings. The minimum absolute atomic E-state index is 0.0522. The van der Waals surface area contributed by atoms with Crippen LogP contribution in [-0.2, 0) is 9.59 Å². The molecule has 4 nitrogen and oxygen atoms in total. The second-order valence-electron chi connectivity index (χ2n) is 5.87. The van der Waals surface area contributed by atoms with Crippen LogP contribution in [0, 0.1) is 5.41 Å². The van der Waals surface area contributed by atoms with Crippen molar-refractivity contribution < 1.29 is 14.3 Å². The van der Waals surface area contributed by atoms with Gasteiger partial charge in [-0.25, -0.2) is 4.90 Å². The monoisotopic (exact) mass is 351 g/mol. The van der Waals surface area contributed by atoms with Gasteiger partial charge in [0.25, 0.3) is 0 Å². The van der Waals surface area contributed by atoms with Crippen LogP contribution in [0.15, 0.2) is 22.7 Å². The molecular formula is C16H18BrNO3. The summed E-state index contributed by atoms with van der Waals surface area (Å²) in [5.41, 5.74) is 0.0761. The fourth-order valence-electron chi connectivity index (χ4n) is 3.50. The van der Waals surface area contributed by atoms with E-state index in [0.717, 1.165) is 36.6 Å². The minimum atomic E-state index is -0.470. The fourth-order valence-corrected chi connectivity index (χ4v) is 3.84. The molecule has 2 amide bonds. The van der Waals surface area contributed by atoms with E-state index < -0.39 is 5.41 Å². The van der Waals surface area contributed by atoms with Gasteiger partial charge in [0.2, 0.25) is 11.8 Å². The molecule has 1 heterocycles. The van der Waals surface area contributed by atoms with Crippen molar-refractivity contribution in [3.05, 3.63) is 22.7 Å². The number of anilines is 1. The predicted octanol–water partition coefficient (Wildman–Crippen LogP) is 3.67. The molecule has 1 aliphatic carbocycles. The molecule has 1 aliphatic heterocycles. The van der Waals surface area contributed by atoms with Crippen LogP contribution >= 0.6 is 15.9 Å². The largest absolute Gasteiger partial charge is 0.495 e. The van der Waals surface area contributed by atoms with Gasteiger partial charge in [0.05, 0.1) is 18.2 Å². The Labute approximate surface area is 132 Å². The third kappa shape index (κ3) is 2.37. The first-order valence-corrected chi connectivity index (χ1v) is 8.08. The van der Waals surface area contributed by atoms with Crippen LogP contribution < -0.4 is 9.64 Å². The molecule has 3 rings (SSSR count). The van der Waals surface area contributed by atoms with Crippen molar-refractivity contribution in [1.82, 2.24) is 0 Å². The third-order valence-electron chi connectivity index (χ3n) is 4.59. The molecule has 1 spiro atoms. The molecule has 1 aromatic carbocycles. The number of ether oxygens (including phenoxy) is 1. The van der Waals surface area contributed by atoms with Gasteiger partial charge in [0, 0.05) is 10.9 Å². The molecule has 2 aliphatic rings. The number of benzene rings is 1. The first kappa shape index (κ1) is 14.6. The Morgan fingerprint density at radius 1 is 1.19 bits per heavy atom. The van der Waals surface area contributed by atoms with Gasteiger partial charge in [-0.3, -0.25) is 9.59 Å². The average Bonchev–Trinajstić information content (AvgIpc) is 2.70. The maximum atomic E-state index is 12.9. The summed E-state index contributed by atoms with van der Waals surface area (Å²) in [4.78, 5) is 26.7. The van der Waals surface area contributed by atoms with Crippen LogP contribution in [0.4, 0.5) is 5.69 Å². The summed E-state index contributed by atoms with van der Waals surface area (Å²) in [5.74, 6) is 0.384. The van der Waals surface area contributed by atoms with Crippen LogP contribution in [0.3, 0.4) is 0 Å². The summed E-state index contributed by atoms with van der Waals surface area (Å²) in [7, 11) is 1.55. The van der Waals surface area contributed by atoms with Crippen molar-refractivity contribution in [3.8, 4) is 5.75 Å². The Bertz CT molecular complexity index is 593.